The van der Waals surface area contributed by atoms with Gasteiger partial charge in [0.2, 0.25) is 0 Å². The monoisotopic (exact) mass is 704 g/mol. The van der Waals surface area contributed by atoms with Crippen LogP contribution in [0.2, 0.25) is 0 Å². The lowest BCUT2D eigenvalue weighted by Gasteiger charge is -2.39. The normalized spacial score (nSPS) is 14.5. The third kappa shape index (κ3) is 12.0. The lowest BCUT2D eigenvalue weighted by molar-refractivity contribution is -0.236. The van der Waals surface area contributed by atoms with Crippen LogP contribution >= 0.6 is 19.2 Å². The summed E-state index contributed by atoms with van der Waals surface area (Å²) in [4.78, 5) is 39.1. The fourth-order valence-corrected chi connectivity index (χ4v) is 5.58. The Hall–Kier alpha value is -3.91. The number of nitriles is 1. The number of carbonyl (C=O) groups is 1. The number of unbranched alkanes of at least 4 members (excludes halogenated alkanes) is 1. The van der Waals surface area contributed by atoms with Gasteiger partial charge in [0.25, 0.3) is 7.82 Å². The summed E-state index contributed by atoms with van der Waals surface area (Å²) in [6, 6.07) is 14.2. The van der Waals surface area contributed by atoms with Gasteiger partial charge in [-0.25, -0.2) is 19.0 Å². The first-order valence-electron chi connectivity index (χ1n) is 14.9. The molecule has 0 spiro atoms. The first kappa shape index (κ1) is 40.3. The highest BCUT2D eigenvalue weighted by Gasteiger charge is 2.44. The molecular weight excluding hydrogens is 664 g/mol. The molecule has 14 nitrogen and oxygen atoms in total. The molecule has 0 fully saturated rings. The van der Waals surface area contributed by atoms with Gasteiger partial charge in [0.05, 0.1) is 28.9 Å². The predicted octanol–water partition coefficient (Wildman–Crippen LogP) is 4.12. The summed E-state index contributed by atoms with van der Waals surface area (Å²) in [5.74, 6) is -2.18. The summed E-state index contributed by atoms with van der Waals surface area (Å²) in [6.45, 7) is 5.42. The van der Waals surface area contributed by atoms with Crippen molar-refractivity contribution in [3.05, 3.63) is 88.5 Å². The van der Waals surface area contributed by atoms with Crippen LogP contribution < -0.4 is 16.4 Å². The summed E-state index contributed by atoms with van der Waals surface area (Å²) < 4.78 is 38.3. The highest BCUT2D eigenvalue weighted by molar-refractivity contribution is 7.44. The number of phosphoric ester groups is 1. The van der Waals surface area contributed by atoms with Crippen molar-refractivity contribution in [1.82, 2.24) is 19.7 Å². The molecule has 0 radical (unpaired) electrons. The number of carboxylic acids is 1. The van der Waals surface area contributed by atoms with Crippen molar-refractivity contribution >= 4 is 25.1 Å². The smallest absolute Gasteiger partial charge is 0.320 e. The van der Waals surface area contributed by atoms with Crippen LogP contribution in [0.15, 0.2) is 66.6 Å². The average molecular weight is 705 g/mol. The van der Waals surface area contributed by atoms with Crippen LogP contribution in [0.1, 0.15) is 62.1 Å². The number of hydrogen-bond acceptors (Lipinski definition) is 12. The van der Waals surface area contributed by atoms with Crippen LogP contribution in [-0.2, 0) is 30.8 Å². The van der Waals surface area contributed by atoms with Crippen molar-refractivity contribution in [2.75, 3.05) is 13.3 Å². The minimum absolute atomic E-state index is 0.0706. The molecule has 260 valence electrons. The Morgan fingerprint density at radius 2 is 1.92 bits per heavy atom. The summed E-state index contributed by atoms with van der Waals surface area (Å²) >= 11 is 1.31. The SMILES string of the molecule is CC.C[C@@H](c1nc(-c2ccc(C#N)cc2)cs1)[C@@](Cn1cncn1)(OCOP(=O)([O-])O)c1ccccc1F.NCCCC[C@H](N)C(=O)O. The number of benzene rings is 2. The molecule has 4 aromatic rings. The standard InChI is InChI=1S/C23H21FN5O5PS.C6H14N2O2.C2H6/c1-16(22-28-21(11-36-22)18-8-6-17(10-25)7-9-18)23(12-29-14-26-13-27-29,33-15-34-35(30,31)32)19-4-2-3-5-20(19)24;7-4-2-1-3-5(8)6(9)10;1-2/h2-9,11,13-14,16H,12,15H2,1H3,(H2,30,31,32);5H,1-4,7-8H2,(H,9,10);1-2H3/p-1/t16-,23+;5-;/m00./s1. The van der Waals surface area contributed by atoms with E-state index in [9.17, 15) is 14.3 Å². The molecule has 0 amide bonds. The van der Waals surface area contributed by atoms with Crippen molar-refractivity contribution < 1.29 is 37.9 Å². The number of rotatable bonds is 15. The van der Waals surface area contributed by atoms with Gasteiger partial charge >= 0.3 is 5.97 Å². The minimum atomic E-state index is -5.11. The molecular formula is C31H40FN7O7PS-. The number of halogens is 1. The lowest BCUT2D eigenvalue weighted by atomic mass is 9.81. The highest BCUT2D eigenvalue weighted by atomic mass is 32.1. The number of carboxylic acid groups (broad SMARTS) is 1. The van der Waals surface area contributed by atoms with E-state index >= 15 is 4.39 Å². The Labute approximate surface area is 282 Å². The van der Waals surface area contributed by atoms with E-state index in [2.05, 4.69) is 20.7 Å². The molecule has 6 N–H and O–H groups in total. The molecule has 0 aliphatic rings. The Kier molecular flexibility index (Phi) is 16.6. The second-order valence-electron chi connectivity index (χ2n) is 10.0. The van der Waals surface area contributed by atoms with Gasteiger partial charge in [-0.15, -0.1) is 11.3 Å². The van der Waals surface area contributed by atoms with E-state index in [4.69, 9.17) is 36.5 Å². The van der Waals surface area contributed by atoms with Gasteiger partial charge in [-0.1, -0.05) is 57.5 Å². The Morgan fingerprint density at radius 3 is 2.48 bits per heavy atom. The van der Waals surface area contributed by atoms with Gasteiger partial charge in [0, 0.05) is 22.4 Å². The molecule has 2 heterocycles. The topological polar surface area (TPSA) is 236 Å². The number of nitrogens with zero attached hydrogens (tertiary/aromatic N) is 5. The second-order valence-corrected chi connectivity index (χ2v) is 12.1. The first-order valence-corrected chi connectivity index (χ1v) is 17.3. The molecule has 48 heavy (non-hydrogen) atoms. The predicted molar refractivity (Wildman–Crippen MR) is 176 cm³/mol. The number of ether oxygens (including phenoxy) is 1. The zero-order chi connectivity index (χ0) is 35.7. The fourth-order valence-electron chi connectivity index (χ4n) is 4.43. The summed E-state index contributed by atoms with van der Waals surface area (Å²) in [7, 11) is -5.11. The Morgan fingerprint density at radius 1 is 1.23 bits per heavy atom. The molecule has 17 heteroatoms. The number of phosphoric acid groups is 1. The van der Waals surface area contributed by atoms with E-state index in [1.807, 2.05) is 19.2 Å². The van der Waals surface area contributed by atoms with E-state index in [-0.39, 0.29) is 12.1 Å². The largest absolute Gasteiger partial charge is 0.756 e. The van der Waals surface area contributed by atoms with E-state index in [1.165, 1.54) is 46.9 Å². The maximum absolute atomic E-state index is 15.2. The van der Waals surface area contributed by atoms with Gasteiger partial charge < -0.3 is 31.1 Å². The van der Waals surface area contributed by atoms with Gasteiger partial charge in [0.15, 0.2) is 6.79 Å². The minimum Gasteiger partial charge on any atom is -0.756 e. The number of thiazole rings is 1. The molecule has 2 aromatic heterocycles. The third-order valence-corrected chi connectivity index (χ3v) is 8.37. The molecule has 0 saturated heterocycles. The maximum atomic E-state index is 15.2. The zero-order valence-corrected chi connectivity index (χ0v) is 28.5. The van der Waals surface area contributed by atoms with Gasteiger partial charge in [-0.05, 0) is 37.6 Å². The zero-order valence-electron chi connectivity index (χ0n) is 26.8. The first-order chi connectivity index (χ1) is 22.9. The summed E-state index contributed by atoms with van der Waals surface area (Å²) in [5, 5.41) is 23.9. The van der Waals surface area contributed by atoms with Crippen LogP contribution in [0.5, 0.6) is 0 Å². The van der Waals surface area contributed by atoms with Crippen LogP contribution in [0, 0.1) is 17.1 Å². The molecule has 4 atom stereocenters. The summed E-state index contributed by atoms with van der Waals surface area (Å²) in [5.41, 5.74) is 10.9. The highest BCUT2D eigenvalue weighted by Crippen LogP contribution is 2.45. The molecule has 0 bridgehead atoms. The fraction of sp³-hybridized carbons (Fsp3) is 0.387. The number of hydrogen-bond donors (Lipinski definition) is 4. The van der Waals surface area contributed by atoms with Crippen molar-refractivity contribution in [1.29, 1.82) is 5.26 Å². The van der Waals surface area contributed by atoms with E-state index < -0.39 is 44.0 Å². The van der Waals surface area contributed by atoms with E-state index in [1.54, 1.807) is 37.3 Å². The van der Waals surface area contributed by atoms with E-state index in [0.717, 1.165) is 18.4 Å². The molecule has 4 rings (SSSR count). The second kappa shape index (κ2) is 19.8. The van der Waals surface area contributed by atoms with Crippen molar-refractivity contribution in [2.45, 2.75) is 64.1 Å². The molecule has 1 unspecified atom stereocenters. The number of aromatic nitrogens is 4. The summed E-state index contributed by atoms with van der Waals surface area (Å²) in [6.07, 6.45) is 4.89. The van der Waals surface area contributed by atoms with Crippen LogP contribution in [0.3, 0.4) is 0 Å². The molecule has 0 saturated carbocycles. The Balaban J connectivity index is 0.000000573. The molecule has 2 aromatic carbocycles. The maximum Gasteiger partial charge on any atom is 0.320 e. The number of aliphatic carboxylic acids is 1. The number of nitrogens with two attached hydrogens (primary N) is 2. The van der Waals surface area contributed by atoms with Crippen molar-refractivity contribution in [3.8, 4) is 17.3 Å². The molecule has 0 aliphatic carbocycles. The quantitative estimate of drug-likeness (QED) is 0.0775. The van der Waals surface area contributed by atoms with Crippen LogP contribution in [-0.4, -0.2) is 55.1 Å². The average Bonchev–Trinajstić information content (AvgIpc) is 3.78. The van der Waals surface area contributed by atoms with Crippen molar-refractivity contribution in [3.63, 3.8) is 0 Å². The van der Waals surface area contributed by atoms with Crippen LogP contribution in [0.25, 0.3) is 11.3 Å². The molecule has 0 aliphatic heterocycles. The van der Waals surface area contributed by atoms with Gasteiger partial charge in [-0.3, -0.25) is 13.9 Å². The van der Waals surface area contributed by atoms with Gasteiger partial charge in [-0.2, -0.15) is 10.4 Å². The lowest BCUT2D eigenvalue weighted by Crippen LogP contribution is -2.41. The third-order valence-electron chi connectivity index (χ3n) is 6.91. The van der Waals surface area contributed by atoms with Gasteiger partial charge in [0.1, 0.15) is 30.1 Å². The Bertz CT molecular complexity index is 1630. The van der Waals surface area contributed by atoms with E-state index in [0.29, 0.717) is 29.2 Å². The van der Waals surface area contributed by atoms with Crippen LogP contribution in [0.4, 0.5) is 4.39 Å². The van der Waals surface area contributed by atoms with Crippen molar-refractivity contribution in [2.24, 2.45) is 11.5 Å².